The van der Waals surface area contributed by atoms with Crippen molar-refractivity contribution in [2.45, 2.75) is 19.5 Å². The molecule has 0 saturated carbocycles. The summed E-state index contributed by atoms with van der Waals surface area (Å²) in [6, 6.07) is 6.70. The molecule has 14 heavy (non-hydrogen) atoms. The zero-order valence-electron chi connectivity index (χ0n) is 8.22. The molecule has 0 bridgehead atoms. The van der Waals surface area contributed by atoms with Gasteiger partial charge in [-0.2, -0.15) is 0 Å². The molecule has 1 heterocycles. The lowest BCUT2D eigenvalue weighted by Gasteiger charge is -2.27. The van der Waals surface area contributed by atoms with Gasteiger partial charge in [0, 0.05) is 11.6 Å². The minimum Gasteiger partial charge on any atom is -0.378 e. The molecule has 3 heteroatoms. The van der Waals surface area contributed by atoms with Crippen LogP contribution in [0.4, 0.5) is 0 Å². The summed E-state index contributed by atoms with van der Waals surface area (Å²) in [6.07, 6.45) is 0. The van der Waals surface area contributed by atoms with Crippen LogP contribution in [0.3, 0.4) is 0 Å². The van der Waals surface area contributed by atoms with E-state index < -0.39 is 0 Å². The average Bonchev–Trinajstić information content (AvgIpc) is 2.08. The summed E-state index contributed by atoms with van der Waals surface area (Å²) in [5.74, 6) is 0. The molecule has 2 rings (SSSR count). The summed E-state index contributed by atoms with van der Waals surface area (Å²) < 4.78 is 5.08. The van der Waals surface area contributed by atoms with Crippen molar-refractivity contribution in [3.05, 3.63) is 34.3 Å². The van der Waals surface area contributed by atoms with Crippen LogP contribution in [0.1, 0.15) is 11.1 Å². The van der Waals surface area contributed by atoms with Gasteiger partial charge in [-0.15, -0.1) is 0 Å². The number of halogens is 1. The van der Waals surface area contributed by atoms with E-state index in [1.165, 1.54) is 5.56 Å². The van der Waals surface area contributed by atoms with Crippen molar-refractivity contribution >= 4 is 11.6 Å². The van der Waals surface area contributed by atoms with Crippen LogP contribution in [0.5, 0.6) is 0 Å². The van der Waals surface area contributed by atoms with E-state index in [9.17, 15) is 0 Å². The number of ether oxygens (including phenoxy) is 1. The number of aryl methyl sites for hydroxylation is 1. The maximum absolute atomic E-state index is 6.02. The highest BCUT2D eigenvalue weighted by Gasteiger charge is 2.16. The Morgan fingerprint density at radius 3 is 2.86 bits per heavy atom. The molecule has 2 nitrogen and oxygen atoms in total. The van der Waals surface area contributed by atoms with E-state index in [2.05, 4.69) is 17.4 Å². The van der Waals surface area contributed by atoms with Crippen molar-refractivity contribution in [3.63, 3.8) is 0 Å². The summed E-state index contributed by atoms with van der Waals surface area (Å²) in [5, 5.41) is 4.24. The first-order valence-electron chi connectivity index (χ1n) is 4.82. The van der Waals surface area contributed by atoms with Crippen LogP contribution in [0.2, 0.25) is 5.02 Å². The zero-order valence-corrected chi connectivity index (χ0v) is 8.97. The molecule has 1 fully saturated rings. The molecule has 1 N–H and O–H groups in total. The van der Waals surface area contributed by atoms with E-state index in [-0.39, 0.29) is 0 Å². The standard InChI is InChI=1S/C11H14ClNO/c1-8-2-3-9(4-11(8)12)5-13-10-6-14-7-10/h2-4,10,13H,5-7H2,1H3. The summed E-state index contributed by atoms with van der Waals surface area (Å²) >= 11 is 6.02. The van der Waals surface area contributed by atoms with Crippen molar-refractivity contribution in [1.82, 2.24) is 5.32 Å². The molecule has 1 aliphatic rings. The smallest absolute Gasteiger partial charge is 0.0643 e. The third kappa shape index (κ3) is 2.27. The maximum Gasteiger partial charge on any atom is 0.0643 e. The Morgan fingerprint density at radius 1 is 1.50 bits per heavy atom. The number of hydrogen-bond acceptors (Lipinski definition) is 2. The molecular weight excluding hydrogens is 198 g/mol. The number of nitrogens with one attached hydrogen (secondary N) is 1. The molecule has 0 atom stereocenters. The van der Waals surface area contributed by atoms with Crippen LogP contribution >= 0.6 is 11.6 Å². The molecule has 1 aromatic rings. The van der Waals surface area contributed by atoms with Crippen molar-refractivity contribution in [1.29, 1.82) is 0 Å². The van der Waals surface area contributed by atoms with E-state index in [1.54, 1.807) is 0 Å². The molecule has 0 radical (unpaired) electrons. The first kappa shape index (κ1) is 9.97. The van der Waals surface area contributed by atoms with E-state index in [1.807, 2.05) is 13.0 Å². The quantitative estimate of drug-likeness (QED) is 0.827. The molecule has 1 aromatic carbocycles. The normalized spacial score (nSPS) is 16.7. The summed E-state index contributed by atoms with van der Waals surface area (Å²) in [6.45, 7) is 4.55. The molecule has 76 valence electrons. The predicted molar refractivity (Wildman–Crippen MR) is 57.6 cm³/mol. The van der Waals surface area contributed by atoms with E-state index in [0.29, 0.717) is 6.04 Å². The topological polar surface area (TPSA) is 21.3 Å². The number of rotatable bonds is 3. The van der Waals surface area contributed by atoms with Gasteiger partial charge in [0.1, 0.15) is 0 Å². The largest absolute Gasteiger partial charge is 0.378 e. The second-order valence-corrected chi connectivity index (χ2v) is 4.11. The fourth-order valence-corrected chi connectivity index (χ4v) is 1.57. The van der Waals surface area contributed by atoms with Gasteiger partial charge in [0.05, 0.1) is 19.3 Å². The first-order valence-corrected chi connectivity index (χ1v) is 5.19. The second kappa shape index (κ2) is 4.30. The van der Waals surface area contributed by atoms with Gasteiger partial charge in [-0.1, -0.05) is 23.7 Å². The Labute approximate surface area is 89.2 Å². The van der Waals surface area contributed by atoms with Crippen LogP contribution in [0.15, 0.2) is 18.2 Å². The fraction of sp³-hybridized carbons (Fsp3) is 0.455. The van der Waals surface area contributed by atoms with Crippen LogP contribution < -0.4 is 5.32 Å². The molecule has 0 amide bonds. The van der Waals surface area contributed by atoms with Gasteiger partial charge in [0.2, 0.25) is 0 Å². The summed E-state index contributed by atoms with van der Waals surface area (Å²) in [7, 11) is 0. The third-order valence-corrected chi connectivity index (χ3v) is 2.88. The molecule has 1 aliphatic heterocycles. The van der Waals surface area contributed by atoms with Crippen molar-refractivity contribution < 1.29 is 4.74 Å². The van der Waals surface area contributed by atoms with Crippen LogP contribution in [0, 0.1) is 6.92 Å². The second-order valence-electron chi connectivity index (χ2n) is 3.70. The monoisotopic (exact) mass is 211 g/mol. The Balaban J connectivity index is 1.91. The third-order valence-electron chi connectivity index (χ3n) is 2.47. The van der Waals surface area contributed by atoms with Crippen molar-refractivity contribution in [2.24, 2.45) is 0 Å². The van der Waals surface area contributed by atoms with E-state index in [4.69, 9.17) is 16.3 Å². The predicted octanol–water partition coefficient (Wildman–Crippen LogP) is 2.14. The molecule has 0 aromatic heterocycles. The summed E-state index contributed by atoms with van der Waals surface area (Å²) in [4.78, 5) is 0. The zero-order chi connectivity index (χ0) is 9.97. The number of benzene rings is 1. The average molecular weight is 212 g/mol. The van der Waals surface area contributed by atoms with Crippen LogP contribution in [-0.2, 0) is 11.3 Å². The highest BCUT2D eigenvalue weighted by molar-refractivity contribution is 6.31. The Bertz CT molecular complexity index is 323. The SMILES string of the molecule is Cc1ccc(CNC2COC2)cc1Cl. The molecule has 0 aliphatic carbocycles. The van der Waals surface area contributed by atoms with Crippen LogP contribution in [-0.4, -0.2) is 19.3 Å². The summed E-state index contributed by atoms with van der Waals surface area (Å²) in [5.41, 5.74) is 2.36. The van der Waals surface area contributed by atoms with Crippen molar-refractivity contribution in [3.8, 4) is 0 Å². The van der Waals surface area contributed by atoms with Gasteiger partial charge < -0.3 is 10.1 Å². The lowest BCUT2D eigenvalue weighted by atomic mass is 10.1. The van der Waals surface area contributed by atoms with Gasteiger partial charge in [-0.3, -0.25) is 0 Å². The van der Waals surface area contributed by atoms with E-state index >= 15 is 0 Å². The molecule has 0 unspecified atom stereocenters. The number of hydrogen-bond donors (Lipinski definition) is 1. The lowest BCUT2D eigenvalue weighted by molar-refractivity contribution is -0.00578. The minimum atomic E-state index is 0.523. The van der Waals surface area contributed by atoms with Gasteiger partial charge in [-0.05, 0) is 24.1 Å². The van der Waals surface area contributed by atoms with Gasteiger partial charge in [0.15, 0.2) is 0 Å². The Morgan fingerprint density at radius 2 is 2.29 bits per heavy atom. The minimum absolute atomic E-state index is 0.523. The first-order chi connectivity index (χ1) is 6.75. The highest BCUT2D eigenvalue weighted by Crippen LogP contribution is 2.16. The van der Waals surface area contributed by atoms with Gasteiger partial charge >= 0.3 is 0 Å². The highest BCUT2D eigenvalue weighted by atomic mass is 35.5. The van der Waals surface area contributed by atoms with Gasteiger partial charge in [0.25, 0.3) is 0 Å². The molecule has 1 saturated heterocycles. The Hall–Kier alpha value is -0.570. The van der Waals surface area contributed by atoms with Crippen molar-refractivity contribution in [2.75, 3.05) is 13.2 Å². The maximum atomic E-state index is 6.02. The van der Waals surface area contributed by atoms with Gasteiger partial charge in [-0.25, -0.2) is 0 Å². The van der Waals surface area contributed by atoms with Crippen LogP contribution in [0.25, 0.3) is 0 Å². The molecule has 0 spiro atoms. The fourth-order valence-electron chi connectivity index (χ4n) is 1.36. The molecular formula is C11H14ClNO. The van der Waals surface area contributed by atoms with E-state index in [0.717, 1.165) is 30.3 Å². The lowest BCUT2D eigenvalue weighted by Crippen LogP contribution is -2.45. The Kier molecular flexibility index (Phi) is 3.06.